The highest BCUT2D eigenvalue weighted by molar-refractivity contribution is 5.88. The van der Waals surface area contributed by atoms with Gasteiger partial charge in [0.15, 0.2) is 0 Å². The van der Waals surface area contributed by atoms with Crippen molar-refractivity contribution >= 4 is 24.0 Å². The van der Waals surface area contributed by atoms with Crippen LogP contribution in [0.5, 0.6) is 0 Å². The summed E-state index contributed by atoms with van der Waals surface area (Å²) in [5.41, 5.74) is 3.74. The molecule has 2 aromatic carbocycles. The lowest BCUT2D eigenvalue weighted by Crippen LogP contribution is -2.51. The van der Waals surface area contributed by atoms with Crippen molar-refractivity contribution in [2.45, 2.75) is 63.7 Å². The summed E-state index contributed by atoms with van der Waals surface area (Å²) >= 11 is 0. The number of aromatic amines is 2. The summed E-state index contributed by atoms with van der Waals surface area (Å²) in [6, 6.07) is 14.7. The normalized spacial score (nSPS) is 17.3. The number of H-pyrrole nitrogens is 2. The van der Waals surface area contributed by atoms with E-state index in [1.807, 2.05) is 56.3 Å². The number of nitrogens with zero attached hydrogens (tertiary/aromatic N) is 4. The Labute approximate surface area is 319 Å². The van der Waals surface area contributed by atoms with Gasteiger partial charge in [-0.05, 0) is 72.6 Å². The molecule has 2 saturated heterocycles. The number of likely N-dealkylation sites (tertiary alicyclic amines) is 2. The van der Waals surface area contributed by atoms with Crippen molar-refractivity contribution in [1.82, 2.24) is 40.4 Å². The lowest BCUT2D eigenvalue weighted by Gasteiger charge is -2.30. The van der Waals surface area contributed by atoms with Crippen molar-refractivity contribution in [3.8, 4) is 34.9 Å². The van der Waals surface area contributed by atoms with E-state index in [0.29, 0.717) is 36.0 Å². The van der Waals surface area contributed by atoms with Crippen molar-refractivity contribution in [3.05, 3.63) is 95.5 Å². The number of carbonyl (C=O) groups excluding carboxylic acids is 4. The van der Waals surface area contributed by atoms with E-state index in [1.54, 1.807) is 34.3 Å². The first-order chi connectivity index (χ1) is 26.7. The van der Waals surface area contributed by atoms with Crippen LogP contribution >= 0.6 is 0 Å². The standard InChI is InChI=1S/C41H44N8O6/c1-26(2)34(46-40(52)54-3)38(50)48-22-11-17-33(48)37-43-25-31(45-37)28-20-18-27(19-21-28)12-8-9-15-30-24-42-36(44-30)32-16-10-23-49(32)39(51)35(47-41(53)55-4)29-13-6-5-7-14-29/h5-7,13-14,18-21,24-26,32-35H,10-11,16-17,22-23H2,1-4H3,(H,42,44)(H,43,45)(H,46,52)(H,47,53)/t32?,33?,34-,35?/m0/s1. The highest BCUT2D eigenvalue weighted by atomic mass is 16.5. The zero-order valence-electron chi connectivity index (χ0n) is 31.2. The van der Waals surface area contributed by atoms with Crippen molar-refractivity contribution in [2.75, 3.05) is 27.3 Å². The topological polar surface area (TPSA) is 175 Å². The van der Waals surface area contributed by atoms with Crippen molar-refractivity contribution in [2.24, 2.45) is 5.92 Å². The molecule has 4 heterocycles. The molecule has 284 valence electrons. The second-order valence-electron chi connectivity index (χ2n) is 13.7. The van der Waals surface area contributed by atoms with E-state index in [-0.39, 0.29) is 29.8 Å². The molecule has 2 fully saturated rings. The number of hydrogen-bond donors (Lipinski definition) is 4. The Kier molecular flexibility index (Phi) is 12.2. The summed E-state index contributed by atoms with van der Waals surface area (Å²) < 4.78 is 9.52. The number of aromatic nitrogens is 4. The number of amides is 4. The predicted octanol–water partition coefficient (Wildman–Crippen LogP) is 5.01. The zero-order valence-corrected chi connectivity index (χ0v) is 31.2. The Balaban J connectivity index is 1.08. The van der Waals surface area contributed by atoms with Crippen LogP contribution in [0.4, 0.5) is 9.59 Å². The molecule has 4 amide bonds. The smallest absolute Gasteiger partial charge is 0.407 e. The Morgan fingerprint density at radius 3 is 2.02 bits per heavy atom. The van der Waals surface area contributed by atoms with Crippen LogP contribution in [0.15, 0.2) is 67.0 Å². The van der Waals surface area contributed by atoms with Crippen LogP contribution in [0.2, 0.25) is 0 Å². The van der Waals surface area contributed by atoms with Gasteiger partial charge in [-0.3, -0.25) is 9.59 Å². The first kappa shape index (κ1) is 38.2. The zero-order chi connectivity index (χ0) is 38.9. The summed E-state index contributed by atoms with van der Waals surface area (Å²) in [4.78, 5) is 70.5. The van der Waals surface area contributed by atoms with E-state index >= 15 is 0 Å². The van der Waals surface area contributed by atoms with Gasteiger partial charge in [-0.2, -0.15) is 0 Å². The third kappa shape index (κ3) is 8.99. The molecule has 0 aliphatic carbocycles. The fourth-order valence-electron chi connectivity index (χ4n) is 6.94. The first-order valence-corrected chi connectivity index (χ1v) is 18.2. The predicted molar refractivity (Wildman–Crippen MR) is 203 cm³/mol. The van der Waals surface area contributed by atoms with Crippen LogP contribution in [0.25, 0.3) is 11.3 Å². The maximum atomic E-state index is 13.7. The quantitative estimate of drug-likeness (QED) is 0.173. The Hall–Kier alpha value is -6.54. The molecule has 14 heteroatoms. The van der Waals surface area contributed by atoms with Gasteiger partial charge in [0.25, 0.3) is 5.91 Å². The first-order valence-electron chi connectivity index (χ1n) is 18.2. The Bertz CT molecular complexity index is 2120. The van der Waals surface area contributed by atoms with Gasteiger partial charge in [-0.1, -0.05) is 62.2 Å². The molecular formula is C41H44N8O6. The molecular weight excluding hydrogens is 701 g/mol. The van der Waals surface area contributed by atoms with Gasteiger partial charge in [0, 0.05) is 18.7 Å². The van der Waals surface area contributed by atoms with Gasteiger partial charge in [-0.25, -0.2) is 19.6 Å². The van der Waals surface area contributed by atoms with E-state index < -0.39 is 24.3 Å². The van der Waals surface area contributed by atoms with Gasteiger partial charge in [-0.15, -0.1) is 0 Å². The average Bonchev–Trinajstić information content (AvgIpc) is 4.04. The van der Waals surface area contributed by atoms with Gasteiger partial charge >= 0.3 is 12.2 Å². The highest BCUT2D eigenvalue weighted by Gasteiger charge is 2.38. The SMILES string of the molecule is COC(=O)NC(C(=O)N1CCCC1c1ncc(C#CC#Cc2ccc(-c3cnc(C4CCCN4C(=O)[C@@H](NC(=O)OC)C(C)C)[nH]3)cc2)[nH]1)c1ccccc1. The summed E-state index contributed by atoms with van der Waals surface area (Å²) in [6.45, 7) is 4.88. The fraction of sp³-hybridized carbons (Fsp3) is 0.366. The molecule has 0 spiro atoms. The molecule has 4 N–H and O–H groups in total. The second kappa shape index (κ2) is 17.5. The van der Waals surface area contributed by atoms with Crippen LogP contribution in [-0.4, -0.2) is 87.1 Å². The van der Waals surface area contributed by atoms with Crippen molar-refractivity contribution < 1.29 is 28.7 Å². The van der Waals surface area contributed by atoms with E-state index in [4.69, 9.17) is 9.47 Å². The molecule has 4 atom stereocenters. The van der Waals surface area contributed by atoms with E-state index in [2.05, 4.69) is 54.3 Å². The maximum Gasteiger partial charge on any atom is 0.407 e. The molecule has 3 unspecified atom stereocenters. The molecule has 14 nitrogen and oxygen atoms in total. The number of carbonyl (C=O) groups is 4. The van der Waals surface area contributed by atoms with Gasteiger partial charge < -0.3 is 39.9 Å². The summed E-state index contributed by atoms with van der Waals surface area (Å²) in [6.07, 6.45) is 5.17. The monoisotopic (exact) mass is 744 g/mol. The lowest BCUT2D eigenvalue weighted by atomic mass is 10.0. The number of nitrogens with one attached hydrogen (secondary N) is 4. The number of benzene rings is 2. The molecule has 6 rings (SSSR count). The largest absolute Gasteiger partial charge is 0.453 e. The Morgan fingerprint density at radius 1 is 0.764 bits per heavy atom. The molecule has 0 radical (unpaired) electrons. The Morgan fingerprint density at radius 2 is 1.36 bits per heavy atom. The lowest BCUT2D eigenvalue weighted by molar-refractivity contribution is -0.135. The molecule has 2 aliphatic rings. The highest BCUT2D eigenvalue weighted by Crippen LogP contribution is 2.34. The van der Waals surface area contributed by atoms with Crippen molar-refractivity contribution in [3.63, 3.8) is 0 Å². The number of methoxy groups -OCH3 is 2. The third-order valence-corrected chi connectivity index (χ3v) is 9.78. The van der Waals surface area contributed by atoms with Gasteiger partial charge in [0.05, 0.1) is 44.4 Å². The van der Waals surface area contributed by atoms with Crippen LogP contribution in [0.1, 0.15) is 86.1 Å². The number of alkyl carbamates (subject to hydrolysis) is 2. The minimum atomic E-state index is -0.897. The minimum absolute atomic E-state index is 0.114. The average molecular weight is 745 g/mol. The minimum Gasteiger partial charge on any atom is -0.453 e. The van der Waals surface area contributed by atoms with E-state index in [9.17, 15) is 19.2 Å². The number of rotatable bonds is 9. The number of imidazole rings is 2. The van der Waals surface area contributed by atoms with Crippen molar-refractivity contribution in [1.29, 1.82) is 0 Å². The van der Waals surface area contributed by atoms with E-state index in [1.165, 1.54) is 14.2 Å². The third-order valence-electron chi connectivity index (χ3n) is 9.78. The maximum absolute atomic E-state index is 13.7. The molecule has 55 heavy (non-hydrogen) atoms. The van der Waals surface area contributed by atoms with Crippen LogP contribution in [-0.2, 0) is 19.1 Å². The molecule has 2 aliphatic heterocycles. The van der Waals surface area contributed by atoms with Crippen LogP contribution < -0.4 is 10.6 Å². The van der Waals surface area contributed by atoms with Gasteiger partial charge in [0.1, 0.15) is 29.4 Å². The summed E-state index contributed by atoms with van der Waals surface area (Å²) in [7, 11) is 2.54. The fourth-order valence-corrected chi connectivity index (χ4v) is 6.94. The molecule has 0 saturated carbocycles. The number of hydrogen-bond acceptors (Lipinski definition) is 8. The number of ether oxygens (including phenoxy) is 2. The van der Waals surface area contributed by atoms with E-state index in [0.717, 1.165) is 42.5 Å². The molecule has 0 bridgehead atoms. The van der Waals surface area contributed by atoms with Crippen LogP contribution in [0, 0.1) is 29.6 Å². The summed E-state index contributed by atoms with van der Waals surface area (Å²) in [5.74, 6) is 12.6. The van der Waals surface area contributed by atoms with Crippen LogP contribution in [0.3, 0.4) is 0 Å². The van der Waals surface area contributed by atoms with Gasteiger partial charge in [0.2, 0.25) is 5.91 Å². The molecule has 2 aromatic heterocycles. The second-order valence-corrected chi connectivity index (χ2v) is 13.7. The summed E-state index contributed by atoms with van der Waals surface area (Å²) in [5, 5.41) is 5.35. The molecule has 4 aromatic rings.